The summed E-state index contributed by atoms with van der Waals surface area (Å²) in [5, 5.41) is 3.43. The highest BCUT2D eigenvalue weighted by Gasteiger charge is 2.19. The van der Waals surface area contributed by atoms with Crippen molar-refractivity contribution in [2.45, 2.75) is 32.2 Å². The standard InChI is InChI=1S/C16H21N3/c1-13-3-2-4-14(9-13)6-8-19-12-18-11-16(19)15-5-7-17-10-15/h2-4,9,11-12,15,17H,5-8,10H2,1H3. The molecule has 1 unspecified atom stereocenters. The molecule has 1 aliphatic rings. The van der Waals surface area contributed by atoms with Crippen molar-refractivity contribution in [2.24, 2.45) is 0 Å². The van der Waals surface area contributed by atoms with E-state index in [0.717, 1.165) is 26.1 Å². The van der Waals surface area contributed by atoms with Gasteiger partial charge in [-0.2, -0.15) is 0 Å². The van der Waals surface area contributed by atoms with Crippen molar-refractivity contribution in [3.63, 3.8) is 0 Å². The first-order valence-electron chi connectivity index (χ1n) is 7.09. The highest BCUT2D eigenvalue weighted by atomic mass is 15.1. The molecule has 0 amide bonds. The molecule has 0 spiro atoms. The number of nitrogens with zero attached hydrogens (tertiary/aromatic N) is 2. The lowest BCUT2D eigenvalue weighted by Gasteiger charge is -2.13. The van der Waals surface area contributed by atoms with Gasteiger partial charge in [0.1, 0.15) is 0 Å². The average Bonchev–Trinajstić information content (AvgIpc) is 3.07. The van der Waals surface area contributed by atoms with E-state index in [2.05, 4.69) is 46.1 Å². The maximum Gasteiger partial charge on any atom is 0.0948 e. The molecule has 3 heteroatoms. The van der Waals surface area contributed by atoms with E-state index in [9.17, 15) is 0 Å². The smallest absolute Gasteiger partial charge is 0.0948 e. The first kappa shape index (κ1) is 12.4. The van der Waals surface area contributed by atoms with Crippen LogP contribution in [0.4, 0.5) is 0 Å². The zero-order chi connectivity index (χ0) is 13.1. The summed E-state index contributed by atoms with van der Waals surface area (Å²) in [5.41, 5.74) is 4.13. The van der Waals surface area contributed by atoms with E-state index >= 15 is 0 Å². The molecule has 1 aliphatic heterocycles. The average molecular weight is 255 g/mol. The van der Waals surface area contributed by atoms with Crippen LogP contribution in [0.1, 0.15) is 29.2 Å². The molecule has 0 aliphatic carbocycles. The van der Waals surface area contributed by atoms with Gasteiger partial charge in [0, 0.05) is 30.9 Å². The van der Waals surface area contributed by atoms with Crippen LogP contribution in [0.3, 0.4) is 0 Å². The van der Waals surface area contributed by atoms with Crippen LogP contribution in [0.25, 0.3) is 0 Å². The Morgan fingerprint density at radius 2 is 2.37 bits per heavy atom. The maximum atomic E-state index is 4.33. The summed E-state index contributed by atoms with van der Waals surface area (Å²) >= 11 is 0. The predicted molar refractivity (Wildman–Crippen MR) is 77.3 cm³/mol. The second-order valence-electron chi connectivity index (χ2n) is 5.44. The number of imidazole rings is 1. The molecule has 1 fully saturated rings. The number of nitrogens with one attached hydrogen (secondary N) is 1. The molecule has 3 rings (SSSR count). The van der Waals surface area contributed by atoms with E-state index in [1.807, 2.05) is 12.5 Å². The van der Waals surface area contributed by atoms with E-state index in [4.69, 9.17) is 0 Å². The molecule has 0 saturated carbocycles. The summed E-state index contributed by atoms with van der Waals surface area (Å²) in [6, 6.07) is 8.77. The number of rotatable bonds is 4. The lowest BCUT2D eigenvalue weighted by atomic mass is 10.1. The highest BCUT2D eigenvalue weighted by Crippen LogP contribution is 2.22. The second-order valence-corrected chi connectivity index (χ2v) is 5.44. The lowest BCUT2D eigenvalue weighted by Crippen LogP contribution is -2.12. The van der Waals surface area contributed by atoms with Crippen molar-refractivity contribution in [3.8, 4) is 0 Å². The number of aromatic nitrogens is 2. The summed E-state index contributed by atoms with van der Waals surface area (Å²) < 4.78 is 2.32. The Bertz CT molecular complexity index is 538. The summed E-state index contributed by atoms with van der Waals surface area (Å²) in [6.07, 6.45) is 6.32. The van der Waals surface area contributed by atoms with E-state index in [-0.39, 0.29) is 0 Å². The Kier molecular flexibility index (Phi) is 3.65. The highest BCUT2D eigenvalue weighted by molar-refractivity contribution is 5.22. The van der Waals surface area contributed by atoms with Gasteiger partial charge in [0.15, 0.2) is 0 Å². The van der Waals surface area contributed by atoms with Gasteiger partial charge in [-0.1, -0.05) is 29.8 Å². The van der Waals surface area contributed by atoms with Gasteiger partial charge in [-0.3, -0.25) is 0 Å². The van der Waals surface area contributed by atoms with E-state index in [1.165, 1.54) is 23.2 Å². The van der Waals surface area contributed by atoms with Crippen LogP contribution in [-0.2, 0) is 13.0 Å². The van der Waals surface area contributed by atoms with Crippen LogP contribution < -0.4 is 5.32 Å². The van der Waals surface area contributed by atoms with Crippen LogP contribution in [0.5, 0.6) is 0 Å². The normalized spacial score (nSPS) is 18.9. The lowest BCUT2D eigenvalue weighted by molar-refractivity contribution is 0.612. The summed E-state index contributed by atoms with van der Waals surface area (Å²) in [5.74, 6) is 0.639. The van der Waals surface area contributed by atoms with Gasteiger partial charge in [-0.15, -0.1) is 0 Å². The summed E-state index contributed by atoms with van der Waals surface area (Å²) in [4.78, 5) is 4.33. The van der Waals surface area contributed by atoms with Crippen LogP contribution in [0.2, 0.25) is 0 Å². The Balaban J connectivity index is 1.68. The number of hydrogen-bond donors (Lipinski definition) is 1. The van der Waals surface area contributed by atoms with Crippen molar-refractivity contribution < 1.29 is 0 Å². The van der Waals surface area contributed by atoms with Gasteiger partial charge in [-0.25, -0.2) is 4.98 Å². The minimum Gasteiger partial charge on any atom is -0.334 e. The summed E-state index contributed by atoms with van der Waals surface area (Å²) in [7, 11) is 0. The van der Waals surface area contributed by atoms with Gasteiger partial charge in [0.05, 0.1) is 6.33 Å². The predicted octanol–water partition coefficient (Wildman–Crippen LogP) is 2.51. The number of hydrogen-bond acceptors (Lipinski definition) is 2. The molecule has 0 radical (unpaired) electrons. The van der Waals surface area contributed by atoms with Gasteiger partial charge < -0.3 is 9.88 Å². The van der Waals surface area contributed by atoms with Crippen molar-refractivity contribution in [1.29, 1.82) is 0 Å². The molecule has 1 N–H and O–H groups in total. The fourth-order valence-electron chi connectivity index (χ4n) is 2.88. The van der Waals surface area contributed by atoms with Crippen molar-refractivity contribution in [2.75, 3.05) is 13.1 Å². The minimum atomic E-state index is 0.639. The Hall–Kier alpha value is -1.61. The quantitative estimate of drug-likeness (QED) is 0.909. The Morgan fingerprint density at radius 3 is 3.16 bits per heavy atom. The largest absolute Gasteiger partial charge is 0.334 e. The molecule has 3 nitrogen and oxygen atoms in total. The molecule has 100 valence electrons. The van der Waals surface area contributed by atoms with Crippen LogP contribution >= 0.6 is 0 Å². The van der Waals surface area contributed by atoms with Crippen molar-refractivity contribution in [3.05, 3.63) is 53.6 Å². The van der Waals surface area contributed by atoms with Crippen LogP contribution in [0, 0.1) is 6.92 Å². The van der Waals surface area contributed by atoms with Crippen molar-refractivity contribution in [1.82, 2.24) is 14.9 Å². The third kappa shape index (κ3) is 2.87. The first-order chi connectivity index (χ1) is 9.33. The van der Waals surface area contributed by atoms with Gasteiger partial charge in [-0.05, 0) is 31.9 Å². The zero-order valence-corrected chi connectivity index (χ0v) is 11.5. The fourth-order valence-corrected chi connectivity index (χ4v) is 2.88. The van der Waals surface area contributed by atoms with Crippen LogP contribution in [-0.4, -0.2) is 22.6 Å². The van der Waals surface area contributed by atoms with E-state index < -0.39 is 0 Å². The summed E-state index contributed by atoms with van der Waals surface area (Å²) in [6.45, 7) is 5.40. The molecule has 1 aromatic carbocycles. The SMILES string of the molecule is Cc1cccc(CCn2cncc2C2CCNC2)c1. The van der Waals surface area contributed by atoms with Crippen LogP contribution in [0.15, 0.2) is 36.8 Å². The molecule has 19 heavy (non-hydrogen) atoms. The number of aryl methyl sites for hydroxylation is 3. The van der Waals surface area contributed by atoms with Gasteiger partial charge in [0.25, 0.3) is 0 Å². The minimum absolute atomic E-state index is 0.639. The molecule has 2 aromatic rings. The van der Waals surface area contributed by atoms with Gasteiger partial charge in [0.2, 0.25) is 0 Å². The van der Waals surface area contributed by atoms with E-state index in [1.54, 1.807) is 0 Å². The van der Waals surface area contributed by atoms with Gasteiger partial charge >= 0.3 is 0 Å². The maximum absolute atomic E-state index is 4.33. The molecule has 0 bridgehead atoms. The molecular weight excluding hydrogens is 234 g/mol. The molecule has 1 atom stereocenters. The molecule has 2 heterocycles. The third-order valence-electron chi connectivity index (χ3n) is 3.95. The topological polar surface area (TPSA) is 29.9 Å². The Labute approximate surface area is 114 Å². The third-order valence-corrected chi connectivity index (χ3v) is 3.95. The fraction of sp³-hybridized carbons (Fsp3) is 0.438. The zero-order valence-electron chi connectivity index (χ0n) is 11.5. The molecule has 1 saturated heterocycles. The van der Waals surface area contributed by atoms with Crippen molar-refractivity contribution >= 4 is 0 Å². The molecule has 1 aromatic heterocycles. The molecular formula is C16H21N3. The first-order valence-corrected chi connectivity index (χ1v) is 7.09. The number of benzene rings is 1. The monoisotopic (exact) mass is 255 g/mol. The van der Waals surface area contributed by atoms with E-state index in [0.29, 0.717) is 5.92 Å². The second kappa shape index (κ2) is 5.57. The Morgan fingerprint density at radius 1 is 1.42 bits per heavy atom.